The van der Waals surface area contributed by atoms with Crippen molar-refractivity contribution in [2.45, 2.75) is 13.8 Å². The Balaban J connectivity index is 2.31. The highest BCUT2D eigenvalue weighted by molar-refractivity contribution is 7.91. The number of amides is 1. The first-order valence-electron chi connectivity index (χ1n) is 6.50. The molecule has 0 aliphatic rings. The highest BCUT2D eigenvalue weighted by Gasteiger charge is 2.26. The zero-order valence-electron chi connectivity index (χ0n) is 12.0. The van der Waals surface area contributed by atoms with Gasteiger partial charge in [0, 0.05) is 6.54 Å². The van der Waals surface area contributed by atoms with Gasteiger partial charge in [-0.2, -0.15) is 8.42 Å². The molecule has 1 aromatic carbocycles. The lowest BCUT2D eigenvalue weighted by molar-refractivity contribution is 0.0980. The molecule has 0 radical (unpaired) electrons. The van der Waals surface area contributed by atoms with E-state index < -0.39 is 21.9 Å². The van der Waals surface area contributed by atoms with Crippen LogP contribution in [0.3, 0.4) is 0 Å². The maximum absolute atomic E-state index is 13.8. The van der Waals surface area contributed by atoms with Crippen LogP contribution in [-0.2, 0) is 10.2 Å². The third-order valence-electron chi connectivity index (χ3n) is 3.02. The quantitative estimate of drug-likeness (QED) is 0.914. The molecule has 0 saturated carbocycles. The number of carbonyl (C=O) groups is 1. The number of benzene rings is 1. The Hall–Kier alpha value is -2.35. The molecule has 6 nitrogen and oxygen atoms in total. The van der Waals surface area contributed by atoms with Crippen molar-refractivity contribution in [3.63, 3.8) is 0 Å². The number of halogens is 1. The van der Waals surface area contributed by atoms with Crippen LogP contribution in [0.4, 0.5) is 10.1 Å². The highest BCUT2D eigenvalue weighted by Crippen LogP contribution is 2.21. The maximum atomic E-state index is 13.8. The Kier molecular flexibility index (Phi) is 4.51. The predicted octanol–water partition coefficient (Wildman–Crippen LogP) is 2.23. The Morgan fingerprint density at radius 1 is 1.32 bits per heavy atom. The number of nitrogens with zero attached hydrogens (tertiary/aromatic N) is 1. The minimum atomic E-state index is -4.24. The largest absolute Gasteiger partial charge is 0.469 e. The van der Waals surface area contributed by atoms with Crippen LogP contribution >= 0.6 is 0 Å². The van der Waals surface area contributed by atoms with Crippen LogP contribution in [0.25, 0.3) is 0 Å². The van der Waals surface area contributed by atoms with Gasteiger partial charge < -0.3 is 4.42 Å². The summed E-state index contributed by atoms with van der Waals surface area (Å²) in [5.74, 6) is -1.23. The van der Waals surface area contributed by atoms with Crippen molar-refractivity contribution in [2.75, 3.05) is 10.8 Å². The summed E-state index contributed by atoms with van der Waals surface area (Å²) in [7, 11) is -4.24. The van der Waals surface area contributed by atoms with E-state index in [1.807, 2.05) is 4.72 Å². The molecule has 1 amide bonds. The molecule has 118 valence electrons. The smallest absolute Gasteiger partial charge is 0.326 e. The van der Waals surface area contributed by atoms with Gasteiger partial charge in [0.05, 0.1) is 17.5 Å². The summed E-state index contributed by atoms with van der Waals surface area (Å²) in [4.78, 5) is 12.0. The van der Waals surface area contributed by atoms with E-state index in [1.165, 1.54) is 37.5 Å². The summed E-state index contributed by atoms with van der Waals surface area (Å²) in [5, 5.41) is 0. The van der Waals surface area contributed by atoms with Crippen molar-refractivity contribution >= 4 is 21.8 Å². The Morgan fingerprint density at radius 2 is 2.00 bits per heavy atom. The van der Waals surface area contributed by atoms with Crippen LogP contribution in [0.15, 0.2) is 41.0 Å². The fraction of sp³-hybridized carbons (Fsp3) is 0.214. The van der Waals surface area contributed by atoms with Crippen molar-refractivity contribution in [1.29, 1.82) is 0 Å². The second-order valence-electron chi connectivity index (χ2n) is 4.44. The van der Waals surface area contributed by atoms with Crippen LogP contribution in [0.2, 0.25) is 0 Å². The lowest BCUT2D eigenvalue weighted by Gasteiger charge is -2.23. The summed E-state index contributed by atoms with van der Waals surface area (Å²) in [6.07, 6.45) is 1.28. The second-order valence-corrected chi connectivity index (χ2v) is 6.04. The number of furan rings is 1. The van der Waals surface area contributed by atoms with Crippen molar-refractivity contribution in [1.82, 2.24) is 4.72 Å². The van der Waals surface area contributed by atoms with Crippen molar-refractivity contribution in [3.05, 3.63) is 53.7 Å². The molecule has 1 aromatic heterocycles. The molecule has 1 heterocycles. The number of anilines is 1. The van der Waals surface area contributed by atoms with Crippen LogP contribution in [0, 0.1) is 12.7 Å². The summed E-state index contributed by atoms with van der Waals surface area (Å²) < 4.78 is 46.1. The van der Waals surface area contributed by atoms with E-state index >= 15 is 0 Å². The molecular weight excluding hydrogens is 311 g/mol. The van der Waals surface area contributed by atoms with E-state index in [-0.39, 0.29) is 17.8 Å². The van der Waals surface area contributed by atoms with Crippen LogP contribution in [-0.4, -0.2) is 20.9 Å². The van der Waals surface area contributed by atoms with E-state index in [9.17, 15) is 17.6 Å². The van der Waals surface area contributed by atoms with Crippen LogP contribution in [0.1, 0.15) is 23.0 Å². The van der Waals surface area contributed by atoms with Crippen molar-refractivity contribution < 1.29 is 22.0 Å². The van der Waals surface area contributed by atoms with Gasteiger partial charge in [0.2, 0.25) is 0 Å². The number of aryl methyl sites for hydroxylation is 1. The first kappa shape index (κ1) is 16.0. The summed E-state index contributed by atoms with van der Waals surface area (Å²) >= 11 is 0. The van der Waals surface area contributed by atoms with E-state index in [4.69, 9.17) is 4.42 Å². The zero-order chi connectivity index (χ0) is 16.3. The monoisotopic (exact) mass is 326 g/mol. The number of para-hydroxylation sites is 1. The molecular formula is C14H15FN2O4S. The molecule has 2 rings (SSSR count). The minimum Gasteiger partial charge on any atom is -0.469 e. The molecule has 1 N–H and O–H groups in total. The molecule has 22 heavy (non-hydrogen) atoms. The molecule has 0 aliphatic carbocycles. The zero-order valence-corrected chi connectivity index (χ0v) is 12.9. The van der Waals surface area contributed by atoms with Gasteiger partial charge in [-0.1, -0.05) is 12.1 Å². The molecule has 0 unspecified atom stereocenters. The molecule has 0 saturated heterocycles. The first-order valence-corrected chi connectivity index (χ1v) is 7.94. The van der Waals surface area contributed by atoms with Gasteiger partial charge in [-0.05, 0) is 32.0 Å². The van der Waals surface area contributed by atoms with E-state index in [0.29, 0.717) is 5.76 Å². The molecule has 0 aliphatic heterocycles. The summed E-state index contributed by atoms with van der Waals surface area (Å²) in [6, 6.07) is 6.80. The van der Waals surface area contributed by atoms with Crippen LogP contribution < -0.4 is 9.03 Å². The number of nitrogens with one attached hydrogen (secondary N) is 1. The molecule has 2 aromatic rings. The molecule has 0 bridgehead atoms. The molecule has 0 fully saturated rings. The average Bonchev–Trinajstić information content (AvgIpc) is 2.87. The van der Waals surface area contributed by atoms with E-state index in [2.05, 4.69) is 0 Å². The predicted molar refractivity (Wildman–Crippen MR) is 79.3 cm³/mol. The van der Waals surface area contributed by atoms with Gasteiger partial charge in [-0.25, -0.2) is 9.11 Å². The van der Waals surface area contributed by atoms with Crippen molar-refractivity contribution in [2.24, 2.45) is 0 Å². The Labute approximate surface area is 127 Å². The number of rotatable bonds is 5. The van der Waals surface area contributed by atoms with Gasteiger partial charge in [0.15, 0.2) is 0 Å². The first-order chi connectivity index (χ1) is 10.4. The molecule has 8 heteroatoms. The fourth-order valence-corrected chi connectivity index (χ4v) is 3.17. The molecule has 0 spiro atoms. The van der Waals surface area contributed by atoms with Crippen molar-refractivity contribution in [3.8, 4) is 0 Å². The van der Waals surface area contributed by atoms with Gasteiger partial charge in [0.25, 0.3) is 5.91 Å². The highest BCUT2D eigenvalue weighted by atomic mass is 32.2. The average molecular weight is 326 g/mol. The fourth-order valence-electron chi connectivity index (χ4n) is 1.97. The Bertz CT molecular complexity index is 786. The second kappa shape index (κ2) is 6.18. The molecule has 0 atom stereocenters. The topological polar surface area (TPSA) is 79.6 Å². The van der Waals surface area contributed by atoms with Gasteiger partial charge >= 0.3 is 10.2 Å². The minimum absolute atomic E-state index is 0.0338. The summed E-state index contributed by atoms with van der Waals surface area (Å²) in [6.45, 7) is 3.04. The third-order valence-corrected chi connectivity index (χ3v) is 4.50. The number of hydrogen-bond acceptors (Lipinski definition) is 4. The number of hydrogen-bond donors (Lipinski definition) is 1. The lowest BCUT2D eigenvalue weighted by Crippen LogP contribution is -2.44. The third kappa shape index (κ3) is 3.11. The van der Waals surface area contributed by atoms with E-state index in [1.54, 1.807) is 6.92 Å². The lowest BCUT2D eigenvalue weighted by atomic mass is 10.2. The normalized spacial score (nSPS) is 11.2. The van der Waals surface area contributed by atoms with Gasteiger partial charge in [0.1, 0.15) is 11.6 Å². The SMILES string of the molecule is CCN(c1ccccc1F)S(=O)(=O)NC(=O)c1ccoc1C. The van der Waals surface area contributed by atoms with Gasteiger partial charge in [-0.3, -0.25) is 9.10 Å². The summed E-state index contributed by atoms with van der Waals surface area (Å²) in [5.41, 5.74) is -0.0256. The van der Waals surface area contributed by atoms with Crippen LogP contribution in [0.5, 0.6) is 0 Å². The number of carbonyl (C=O) groups excluding carboxylic acids is 1. The maximum Gasteiger partial charge on any atom is 0.326 e. The van der Waals surface area contributed by atoms with E-state index in [0.717, 1.165) is 10.4 Å². The van der Waals surface area contributed by atoms with Gasteiger partial charge in [-0.15, -0.1) is 0 Å². The Morgan fingerprint density at radius 3 is 2.55 bits per heavy atom. The standard InChI is InChI=1S/C14H15FN2O4S/c1-3-17(13-7-5-4-6-12(13)15)22(19,20)16-14(18)11-8-9-21-10(11)2/h4-9H,3H2,1-2H3,(H,16,18).